The van der Waals surface area contributed by atoms with E-state index >= 15 is 0 Å². The second-order valence-corrected chi connectivity index (χ2v) is 7.78. The second kappa shape index (κ2) is 6.27. The fourth-order valence-electron chi connectivity index (χ4n) is 1.71. The maximum atomic E-state index is 12.2. The molecule has 0 aliphatic carbocycles. The molecule has 21 heavy (non-hydrogen) atoms. The van der Waals surface area contributed by atoms with Crippen LogP contribution in [0.25, 0.3) is 6.08 Å². The van der Waals surface area contributed by atoms with Crippen LogP contribution < -0.4 is 0 Å². The first-order valence-corrected chi connectivity index (χ1v) is 8.87. The van der Waals surface area contributed by atoms with Gasteiger partial charge in [-0.2, -0.15) is 8.42 Å². The molecule has 0 atom stereocenters. The molecule has 1 fully saturated rings. The number of benzene rings is 1. The van der Waals surface area contributed by atoms with Crippen LogP contribution in [0.3, 0.4) is 0 Å². The minimum Gasteiger partial charge on any atom is -0.292 e. The molecule has 0 spiro atoms. The largest absolute Gasteiger partial charge is 0.292 e. The van der Waals surface area contributed by atoms with Gasteiger partial charge in [0.15, 0.2) is 0 Å². The van der Waals surface area contributed by atoms with Gasteiger partial charge in [-0.15, -0.1) is 0 Å². The quantitative estimate of drug-likeness (QED) is 0.513. The predicted octanol–water partition coefficient (Wildman–Crippen LogP) is 2.08. The summed E-state index contributed by atoms with van der Waals surface area (Å²) in [5, 5.41) is 0. The van der Waals surface area contributed by atoms with E-state index in [1.165, 1.54) is 4.90 Å². The fraction of sp³-hybridized carbons (Fsp3) is 0.231. The van der Waals surface area contributed by atoms with Crippen LogP contribution in [0.15, 0.2) is 29.2 Å². The first-order valence-electron chi connectivity index (χ1n) is 6.03. The van der Waals surface area contributed by atoms with Gasteiger partial charge in [0.2, 0.25) is 0 Å². The summed E-state index contributed by atoms with van der Waals surface area (Å²) in [6.07, 6.45) is 1.71. The zero-order chi connectivity index (χ0) is 15.6. The van der Waals surface area contributed by atoms with Crippen LogP contribution in [0.5, 0.6) is 0 Å². The summed E-state index contributed by atoms with van der Waals surface area (Å²) in [5.74, 6) is -0.869. The smallest absolute Gasteiger partial charge is 0.266 e. The normalized spacial score (nSPS) is 17.8. The second-order valence-electron chi connectivity index (χ2n) is 4.53. The van der Waals surface area contributed by atoms with E-state index in [4.69, 9.17) is 16.8 Å². The molecule has 0 saturated carbocycles. The van der Waals surface area contributed by atoms with Gasteiger partial charge in [0.25, 0.3) is 16.0 Å². The fourth-order valence-corrected chi connectivity index (χ4v) is 3.44. The molecule has 2 rings (SSSR count). The number of nitrogens with zero attached hydrogens (tertiary/aromatic N) is 1. The Kier molecular flexibility index (Phi) is 4.82. The van der Waals surface area contributed by atoms with Crippen LogP contribution in [-0.4, -0.2) is 40.4 Å². The van der Waals surface area contributed by atoms with Gasteiger partial charge in [-0.05, 0) is 18.6 Å². The van der Waals surface area contributed by atoms with Crippen molar-refractivity contribution in [1.82, 2.24) is 4.90 Å². The van der Waals surface area contributed by atoms with Crippen molar-refractivity contribution in [3.63, 3.8) is 0 Å². The molecular weight excluding hydrogens is 330 g/mol. The number of hydrogen-bond donors (Lipinski definition) is 1. The van der Waals surface area contributed by atoms with Crippen molar-refractivity contribution >= 4 is 50.4 Å². The molecule has 1 N–H and O–H groups in total. The maximum absolute atomic E-state index is 12.2. The van der Waals surface area contributed by atoms with E-state index in [9.17, 15) is 13.2 Å². The van der Waals surface area contributed by atoms with Crippen LogP contribution in [0.2, 0.25) is 0 Å². The van der Waals surface area contributed by atoms with E-state index in [0.29, 0.717) is 9.23 Å². The number of carbonyl (C=O) groups excluding carboxylic acids is 1. The Morgan fingerprint density at radius 3 is 2.52 bits per heavy atom. The first kappa shape index (κ1) is 16.2. The van der Waals surface area contributed by atoms with E-state index in [-0.39, 0.29) is 12.5 Å². The Labute approximate surface area is 132 Å². The highest BCUT2D eigenvalue weighted by Crippen LogP contribution is 2.32. The third kappa shape index (κ3) is 4.37. The van der Waals surface area contributed by atoms with Crippen molar-refractivity contribution in [1.29, 1.82) is 0 Å². The van der Waals surface area contributed by atoms with Gasteiger partial charge in [0.1, 0.15) is 4.32 Å². The average Bonchev–Trinajstić information content (AvgIpc) is 2.64. The molecule has 112 valence electrons. The molecular formula is C13H13NO4S3. The summed E-state index contributed by atoms with van der Waals surface area (Å²) in [6, 6.07) is 7.65. The lowest BCUT2D eigenvalue weighted by Crippen LogP contribution is -2.32. The molecule has 1 heterocycles. The van der Waals surface area contributed by atoms with Gasteiger partial charge in [-0.3, -0.25) is 14.2 Å². The van der Waals surface area contributed by atoms with Gasteiger partial charge in [0.05, 0.1) is 10.7 Å². The van der Waals surface area contributed by atoms with Crippen molar-refractivity contribution < 1.29 is 17.8 Å². The minimum atomic E-state index is -4.12. The third-order valence-electron chi connectivity index (χ3n) is 2.82. The number of aryl methyl sites for hydroxylation is 1. The van der Waals surface area contributed by atoms with Crippen LogP contribution >= 0.6 is 24.0 Å². The monoisotopic (exact) mass is 343 g/mol. The lowest BCUT2D eigenvalue weighted by atomic mass is 10.1. The molecule has 1 aliphatic heterocycles. The van der Waals surface area contributed by atoms with E-state index < -0.39 is 15.9 Å². The number of rotatable bonds is 4. The number of hydrogen-bond acceptors (Lipinski definition) is 5. The van der Waals surface area contributed by atoms with Crippen molar-refractivity contribution in [2.24, 2.45) is 0 Å². The Morgan fingerprint density at radius 1 is 1.33 bits per heavy atom. The first-order chi connectivity index (χ1) is 9.76. The average molecular weight is 343 g/mol. The number of thioether (sulfide) groups is 1. The molecule has 0 bridgehead atoms. The van der Waals surface area contributed by atoms with Gasteiger partial charge in [-0.1, -0.05) is 53.8 Å². The van der Waals surface area contributed by atoms with Crippen molar-refractivity contribution in [2.75, 3.05) is 12.3 Å². The highest BCUT2D eigenvalue weighted by molar-refractivity contribution is 8.26. The van der Waals surface area contributed by atoms with Gasteiger partial charge in [-0.25, -0.2) is 0 Å². The molecule has 8 heteroatoms. The Hall–Kier alpha value is -1.22. The van der Waals surface area contributed by atoms with E-state index in [2.05, 4.69) is 0 Å². The Balaban J connectivity index is 2.15. The standard InChI is InChI=1S/C13H13NO4S3/c1-9-2-4-10(5-3-9)8-11-12(15)14(13(19)20-11)6-7-21(16,17)18/h2-5,8H,6-7H2,1H3,(H,16,17,18)/b11-8+. The van der Waals surface area contributed by atoms with Crippen LogP contribution in [-0.2, 0) is 14.9 Å². The Morgan fingerprint density at radius 2 is 1.95 bits per heavy atom. The third-order valence-corrected chi connectivity index (χ3v) is 4.90. The molecule has 1 aliphatic rings. The highest BCUT2D eigenvalue weighted by atomic mass is 32.2. The van der Waals surface area contributed by atoms with Gasteiger partial charge >= 0.3 is 0 Å². The van der Waals surface area contributed by atoms with E-state index in [1.54, 1.807) is 6.08 Å². The van der Waals surface area contributed by atoms with Crippen molar-refractivity contribution in [3.05, 3.63) is 40.3 Å². The topological polar surface area (TPSA) is 74.7 Å². The van der Waals surface area contributed by atoms with Crippen LogP contribution in [0.4, 0.5) is 0 Å². The van der Waals surface area contributed by atoms with Gasteiger partial charge < -0.3 is 0 Å². The zero-order valence-electron chi connectivity index (χ0n) is 11.1. The summed E-state index contributed by atoms with van der Waals surface area (Å²) in [5.41, 5.74) is 1.99. The minimum absolute atomic E-state index is 0.144. The number of carbonyl (C=O) groups is 1. The van der Waals surface area contributed by atoms with E-state index in [0.717, 1.165) is 22.9 Å². The van der Waals surface area contributed by atoms with Gasteiger partial charge in [0, 0.05) is 6.54 Å². The van der Waals surface area contributed by atoms with Crippen LogP contribution in [0.1, 0.15) is 11.1 Å². The summed E-state index contributed by atoms with van der Waals surface area (Å²) in [7, 11) is -4.12. The van der Waals surface area contributed by atoms with Crippen molar-refractivity contribution in [2.45, 2.75) is 6.92 Å². The summed E-state index contributed by atoms with van der Waals surface area (Å²) < 4.78 is 30.6. The number of thiocarbonyl (C=S) groups is 1. The molecule has 5 nitrogen and oxygen atoms in total. The number of amides is 1. The predicted molar refractivity (Wildman–Crippen MR) is 87.5 cm³/mol. The summed E-state index contributed by atoms with van der Waals surface area (Å²) in [4.78, 5) is 13.8. The molecule has 1 saturated heterocycles. The lowest BCUT2D eigenvalue weighted by molar-refractivity contribution is -0.121. The molecule has 1 aromatic rings. The molecule has 0 radical (unpaired) electrons. The maximum Gasteiger partial charge on any atom is 0.266 e. The van der Waals surface area contributed by atoms with Crippen molar-refractivity contribution in [3.8, 4) is 0 Å². The highest BCUT2D eigenvalue weighted by Gasteiger charge is 2.32. The SMILES string of the molecule is Cc1ccc(/C=C2/SC(=S)N(CCS(=O)(=O)O)C2=O)cc1. The lowest BCUT2D eigenvalue weighted by Gasteiger charge is -2.12. The molecule has 0 unspecified atom stereocenters. The van der Waals surface area contributed by atoms with Crippen LogP contribution in [0, 0.1) is 6.92 Å². The Bertz CT molecular complexity index is 707. The van der Waals surface area contributed by atoms with E-state index in [1.807, 2.05) is 31.2 Å². The summed E-state index contributed by atoms with van der Waals surface area (Å²) in [6.45, 7) is 1.83. The molecule has 0 aromatic heterocycles. The molecule has 1 amide bonds. The molecule has 1 aromatic carbocycles. The summed E-state index contributed by atoms with van der Waals surface area (Å²) >= 11 is 6.19. The zero-order valence-corrected chi connectivity index (χ0v) is 13.6.